The van der Waals surface area contributed by atoms with Crippen LogP contribution in [0.4, 0.5) is 18.9 Å². The quantitative estimate of drug-likeness (QED) is 0.521. The molecule has 0 atom stereocenters. The minimum Gasteiger partial charge on any atom is -0.456 e. The van der Waals surface area contributed by atoms with Crippen LogP contribution < -0.4 is 9.03 Å². The Morgan fingerprint density at radius 2 is 1.78 bits per heavy atom. The maximum atomic E-state index is 12.6. The lowest BCUT2D eigenvalue weighted by Gasteiger charge is -2.11. The van der Waals surface area contributed by atoms with E-state index in [9.17, 15) is 23.3 Å². The first-order chi connectivity index (χ1) is 10.7. The summed E-state index contributed by atoms with van der Waals surface area (Å²) in [6.07, 6.45) is -4.53. The molecular weight excluding hydrogens is 362 g/mol. The van der Waals surface area contributed by atoms with E-state index in [2.05, 4.69) is 4.29 Å². The second-order valence-electron chi connectivity index (χ2n) is 4.21. The van der Waals surface area contributed by atoms with Crippen LogP contribution in [0.25, 0.3) is 0 Å². The molecule has 2 rings (SSSR count). The average Bonchev–Trinajstić information content (AvgIpc) is 2.47. The van der Waals surface area contributed by atoms with Gasteiger partial charge < -0.3 is 9.03 Å². The van der Waals surface area contributed by atoms with Gasteiger partial charge in [-0.05, 0) is 24.3 Å². The molecule has 5 nitrogen and oxygen atoms in total. The molecule has 0 radical (unpaired) electrons. The third-order valence-corrected chi connectivity index (χ3v) is 3.16. The number of ether oxygens (including phenoxy) is 1. The fourth-order valence-corrected chi connectivity index (χ4v) is 2.00. The van der Waals surface area contributed by atoms with E-state index in [1.165, 1.54) is 6.07 Å². The number of nitro benzene ring substituents is 1. The normalized spacial score (nSPS) is 11.2. The first-order valence-electron chi connectivity index (χ1n) is 5.84. The van der Waals surface area contributed by atoms with Crippen molar-refractivity contribution in [3.8, 4) is 17.2 Å². The molecule has 0 aromatic heterocycles. The van der Waals surface area contributed by atoms with E-state index in [0.29, 0.717) is 6.07 Å². The van der Waals surface area contributed by atoms with Gasteiger partial charge in [0.15, 0.2) is 0 Å². The highest BCUT2D eigenvalue weighted by molar-refractivity contribution is 6.32. The van der Waals surface area contributed by atoms with Gasteiger partial charge in [-0.2, -0.15) is 13.2 Å². The number of benzene rings is 2. The predicted molar refractivity (Wildman–Crippen MR) is 76.1 cm³/mol. The molecule has 0 amide bonds. The lowest BCUT2D eigenvalue weighted by molar-refractivity contribution is -0.385. The zero-order valence-corrected chi connectivity index (χ0v) is 12.4. The smallest absolute Gasteiger partial charge is 0.416 e. The maximum Gasteiger partial charge on any atom is 0.416 e. The average molecular weight is 368 g/mol. The summed E-state index contributed by atoms with van der Waals surface area (Å²) in [5.74, 6) is -0.292. The van der Waals surface area contributed by atoms with Gasteiger partial charge >= 0.3 is 11.9 Å². The molecule has 0 bridgehead atoms. The maximum absolute atomic E-state index is 12.6. The van der Waals surface area contributed by atoms with Crippen LogP contribution in [0.1, 0.15) is 5.56 Å². The first-order valence-corrected chi connectivity index (χ1v) is 6.52. The van der Waals surface area contributed by atoms with Gasteiger partial charge in [0.1, 0.15) is 23.4 Å². The minimum absolute atomic E-state index is 0.0490. The predicted octanol–water partition coefficient (Wildman–Crippen LogP) is 5.59. The molecule has 0 aliphatic carbocycles. The van der Waals surface area contributed by atoms with Crippen molar-refractivity contribution in [3.05, 3.63) is 57.1 Å². The topological polar surface area (TPSA) is 61.6 Å². The number of alkyl halides is 3. The van der Waals surface area contributed by atoms with Gasteiger partial charge in [-0.25, -0.2) is 0 Å². The highest BCUT2D eigenvalue weighted by Gasteiger charge is 2.31. The van der Waals surface area contributed by atoms with Gasteiger partial charge in [-0.3, -0.25) is 10.1 Å². The first kappa shape index (κ1) is 17.2. The summed E-state index contributed by atoms with van der Waals surface area (Å²) >= 11 is 10.9. The fraction of sp³-hybridized carbons (Fsp3) is 0.0769. The molecule has 0 saturated heterocycles. The third kappa shape index (κ3) is 3.96. The molecule has 10 heteroatoms. The standard InChI is InChI=1S/C13H6Cl2F3NO4/c14-9-5-7(13(16,17)18)1-4-11(9)22-8-2-3-10(19(20)21)12(6-8)23-15/h1-6H. The molecule has 0 saturated carbocycles. The number of halogens is 5. The Kier molecular flexibility index (Phi) is 4.86. The SMILES string of the molecule is O=[N+]([O-])c1ccc(Oc2ccc(C(F)(F)F)cc2Cl)cc1OCl. The number of nitrogens with zero attached hydrogens (tertiary/aromatic N) is 1. The van der Waals surface area contributed by atoms with Crippen LogP contribution in [0.15, 0.2) is 36.4 Å². The van der Waals surface area contributed by atoms with Crippen LogP contribution in [0.2, 0.25) is 5.02 Å². The highest BCUT2D eigenvalue weighted by Crippen LogP contribution is 2.38. The Morgan fingerprint density at radius 3 is 2.30 bits per heavy atom. The summed E-state index contributed by atoms with van der Waals surface area (Å²) < 4.78 is 47.3. The lowest BCUT2D eigenvalue weighted by Crippen LogP contribution is -2.04. The summed E-state index contributed by atoms with van der Waals surface area (Å²) in [6.45, 7) is 0. The molecule has 122 valence electrons. The van der Waals surface area contributed by atoms with Crippen molar-refractivity contribution in [3.63, 3.8) is 0 Å². The molecule has 0 heterocycles. The van der Waals surface area contributed by atoms with E-state index >= 15 is 0 Å². The zero-order chi connectivity index (χ0) is 17.2. The van der Waals surface area contributed by atoms with Gasteiger partial charge in [0, 0.05) is 12.1 Å². The monoisotopic (exact) mass is 367 g/mol. The summed E-state index contributed by atoms with van der Waals surface area (Å²) in [5, 5.41) is 10.5. The molecular formula is C13H6Cl2F3NO4. The highest BCUT2D eigenvalue weighted by atomic mass is 35.5. The van der Waals surface area contributed by atoms with E-state index in [-0.39, 0.29) is 22.3 Å². The van der Waals surface area contributed by atoms with Crippen molar-refractivity contribution in [1.29, 1.82) is 0 Å². The van der Waals surface area contributed by atoms with Crippen molar-refractivity contribution in [2.45, 2.75) is 6.18 Å². The van der Waals surface area contributed by atoms with Crippen LogP contribution in [0.5, 0.6) is 17.2 Å². The molecule has 0 N–H and O–H groups in total. The van der Waals surface area contributed by atoms with Gasteiger partial charge in [-0.1, -0.05) is 11.6 Å². The van der Waals surface area contributed by atoms with E-state index in [1.54, 1.807) is 0 Å². The van der Waals surface area contributed by atoms with Crippen LogP contribution in [-0.2, 0) is 6.18 Å². The van der Waals surface area contributed by atoms with Crippen LogP contribution >= 0.6 is 23.5 Å². The van der Waals surface area contributed by atoms with E-state index in [0.717, 1.165) is 24.3 Å². The summed E-state index contributed by atoms with van der Waals surface area (Å²) in [4.78, 5) is 10.0. The van der Waals surface area contributed by atoms with Crippen LogP contribution in [0, 0.1) is 10.1 Å². The summed E-state index contributed by atoms with van der Waals surface area (Å²) in [7, 11) is 0. The molecule has 0 aliphatic heterocycles. The number of rotatable bonds is 4. The third-order valence-electron chi connectivity index (χ3n) is 2.70. The number of nitro groups is 1. The van der Waals surface area contributed by atoms with E-state index in [4.69, 9.17) is 28.2 Å². The Morgan fingerprint density at radius 1 is 1.09 bits per heavy atom. The zero-order valence-electron chi connectivity index (χ0n) is 10.9. The number of hydrogen-bond acceptors (Lipinski definition) is 4. The largest absolute Gasteiger partial charge is 0.456 e. The molecule has 0 fully saturated rings. The Bertz CT molecular complexity index is 752. The Hall–Kier alpha value is -2.19. The van der Waals surface area contributed by atoms with Crippen molar-refractivity contribution in [2.24, 2.45) is 0 Å². The number of hydrogen-bond donors (Lipinski definition) is 0. The Balaban J connectivity index is 2.31. The Labute approximate surface area is 137 Å². The summed E-state index contributed by atoms with van der Waals surface area (Å²) in [5.41, 5.74) is -1.32. The van der Waals surface area contributed by atoms with Crippen molar-refractivity contribution in [2.75, 3.05) is 0 Å². The fourth-order valence-electron chi connectivity index (χ4n) is 1.66. The molecule has 0 spiro atoms. The van der Waals surface area contributed by atoms with Gasteiger partial charge in [0.05, 0.1) is 15.5 Å². The van der Waals surface area contributed by atoms with Crippen LogP contribution in [-0.4, -0.2) is 4.92 Å². The van der Waals surface area contributed by atoms with Crippen molar-refractivity contribution >= 4 is 29.2 Å². The lowest BCUT2D eigenvalue weighted by atomic mass is 10.2. The van der Waals surface area contributed by atoms with Crippen LogP contribution in [0.3, 0.4) is 0 Å². The molecule has 0 aliphatic rings. The van der Waals surface area contributed by atoms with E-state index < -0.39 is 22.4 Å². The van der Waals surface area contributed by atoms with Gasteiger partial charge in [0.2, 0.25) is 5.75 Å². The van der Waals surface area contributed by atoms with Crippen molar-refractivity contribution < 1.29 is 27.1 Å². The van der Waals surface area contributed by atoms with Crippen molar-refractivity contribution in [1.82, 2.24) is 0 Å². The summed E-state index contributed by atoms with van der Waals surface area (Å²) in [6, 6.07) is 5.95. The van der Waals surface area contributed by atoms with E-state index in [1.807, 2.05) is 0 Å². The molecule has 23 heavy (non-hydrogen) atoms. The second kappa shape index (κ2) is 6.51. The van der Waals surface area contributed by atoms with Gasteiger partial charge in [0.25, 0.3) is 0 Å². The minimum atomic E-state index is -4.53. The second-order valence-corrected chi connectivity index (χ2v) is 4.77. The molecule has 0 unspecified atom stereocenters. The molecule has 2 aromatic rings. The van der Waals surface area contributed by atoms with Gasteiger partial charge in [-0.15, -0.1) is 0 Å². The molecule has 2 aromatic carbocycles.